The average Bonchev–Trinajstić information content (AvgIpc) is 3.24. The van der Waals surface area contributed by atoms with Crippen molar-refractivity contribution in [3.63, 3.8) is 0 Å². The van der Waals surface area contributed by atoms with Crippen LogP contribution in [-0.4, -0.2) is 60.1 Å². The lowest BCUT2D eigenvalue weighted by Crippen LogP contribution is -2.56. The summed E-state index contributed by atoms with van der Waals surface area (Å²) in [5.74, 6) is -2.48. The van der Waals surface area contributed by atoms with Gasteiger partial charge in [-0.25, -0.2) is 0 Å². The zero-order chi connectivity index (χ0) is 14.7. The third kappa shape index (κ3) is 3.09. The van der Waals surface area contributed by atoms with E-state index in [4.69, 9.17) is 9.84 Å². The number of hydrogen-bond acceptors (Lipinski definition) is 4. The molecule has 2 rings (SSSR count). The SMILES string of the molecule is CCCNC(=O)C1COCCN1C(=O)[C@@H]1C[C@@H]1C(=O)O. The minimum absolute atomic E-state index is 0.172. The number of ether oxygens (including phenoxy) is 1. The molecule has 2 amide bonds. The molecule has 1 saturated heterocycles. The molecule has 0 aromatic rings. The van der Waals surface area contributed by atoms with Gasteiger partial charge in [0.25, 0.3) is 0 Å². The van der Waals surface area contributed by atoms with Crippen LogP contribution in [0.15, 0.2) is 0 Å². The summed E-state index contributed by atoms with van der Waals surface area (Å²) < 4.78 is 5.27. The summed E-state index contributed by atoms with van der Waals surface area (Å²) in [4.78, 5) is 36.6. The highest BCUT2D eigenvalue weighted by molar-refractivity contribution is 5.93. The summed E-state index contributed by atoms with van der Waals surface area (Å²) >= 11 is 0. The second-order valence-electron chi connectivity index (χ2n) is 5.20. The van der Waals surface area contributed by atoms with Gasteiger partial charge < -0.3 is 20.1 Å². The first-order valence-electron chi connectivity index (χ1n) is 6.95. The summed E-state index contributed by atoms with van der Waals surface area (Å²) in [5.41, 5.74) is 0. The smallest absolute Gasteiger partial charge is 0.307 e. The quantitative estimate of drug-likeness (QED) is 0.707. The highest BCUT2D eigenvalue weighted by Gasteiger charge is 2.51. The van der Waals surface area contributed by atoms with E-state index in [1.165, 1.54) is 4.90 Å². The van der Waals surface area contributed by atoms with Gasteiger partial charge in [-0.3, -0.25) is 14.4 Å². The minimum Gasteiger partial charge on any atom is -0.481 e. The van der Waals surface area contributed by atoms with Crippen molar-refractivity contribution in [3.8, 4) is 0 Å². The van der Waals surface area contributed by atoms with Crippen molar-refractivity contribution in [2.24, 2.45) is 11.8 Å². The van der Waals surface area contributed by atoms with Gasteiger partial charge in [0.05, 0.1) is 25.0 Å². The molecule has 1 unspecified atom stereocenters. The van der Waals surface area contributed by atoms with Crippen molar-refractivity contribution in [2.45, 2.75) is 25.8 Å². The van der Waals surface area contributed by atoms with Crippen LogP contribution in [0.2, 0.25) is 0 Å². The second-order valence-corrected chi connectivity index (χ2v) is 5.20. The van der Waals surface area contributed by atoms with E-state index in [0.717, 1.165) is 6.42 Å². The van der Waals surface area contributed by atoms with Crippen molar-refractivity contribution >= 4 is 17.8 Å². The van der Waals surface area contributed by atoms with Gasteiger partial charge in [0.15, 0.2) is 0 Å². The van der Waals surface area contributed by atoms with E-state index in [-0.39, 0.29) is 18.4 Å². The predicted octanol–water partition coefficient (Wildman–Crippen LogP) is -0.539. The highest BCUT2D eigenvalue weighted by Crippen LogP contribution is 2.40. The number of rotatable bonds is 5. The lowest BCUT2D eigenvalue weighted by molar-refractivity contribution is -0.151. The Bertz CT molecular complexity index is 412. The van der Waals surface area contributed by atoms with Crippen LogP contribution < -0.4 is 5.32 Å². The van der Waals surface area contributed by atoms with Gasteiger partial charge in [-0.2, -0.15) is 0 Å². The maximum atomic E-state index is 12.3. The molecule has 1 aliphatic heterocycles. The van der Waals surface area contributed by atoms with Crippen LogP contribution in [0.1, 0.15) is 19.8 Å². The van der Waals surface area contributed by atoms with Gasteiger partial charge in [-0.05, 0) is 12.8 Å². The van der Waals surface area contributed by atoms with E-state index in [0.29, 0.717) is 26.1 Å². The van der Waals surface area contributed by atoms with Gasteiger partial charge in [-0.15, -0.1) is 0 Å². The number of hydrogen-bond donors (Lipinski definition) is 2. The number of nitrogens with zero attached hydrogens (tertiary/aromatic N) is 1. The van der Waals surface area contributed by atoms with E-state index in [9.17, 15) is 14.4 Å². The number of morpholine rings is 1. The van der Waals surface area contributed by atoms with E-state index >= 15 is 0 Å². The molecule has 1 saturated carbocycles. The van der Waals surface area contributed by atoms with Gasteiger partial charge in [-0.1, -0.05) is 6.92 Å². The Balaban J connectivity index is 1.98. The molecule has 2 aliphatic rings. The number of carboxylic acid groups (broad SMARTS) is 1. The molecule has 112 valence electrons. The summed E-state index contributed by atoms with van der Waals surface area (Å²) in [6, 6.07) is -0.641. The molecule has 1 heterocycles. The molecule has 1 aliphatic carbocycles. The van der Waals surface area contributed by atoms with Gasteiger partial charge in [0, 0.05) is 13.1 Å². The summed E-state index contributed by atoms with van der Waals surface area (Å²) in [6.07, 6.45) is 1.19. The van der Waals surface area contributed by atoms with E-state index in [1.807, 2.05) is 6.92 Å². The zero-order valence-corrected chi connectivity index (χ0v) is 11.5. The fourth-order valence-corrected chi connectivity index (χ4v) is 2.40. The number of carbonyl (C=O) groups excluding carboxylic acids is 2. The third-order valence-electron chi connectivity index (χ3n) is 3.69. The summed E-state index contributed by atoms with van der Waals surface area (Å²) in [5, 5.41) is 11.6. The molecular formula is C13H20N2O5. The Labute approximate surface area is 117 Å². The standard InChI is InChI=1S/C13H20N2O5/c1-2-3-14-11(16)10-7-20-5-4-15(10)12(17)8-6-9(8)13(18)19/h8-10H,2-7H2,1H3,(H,14,16)(H,18,19)/t8-,9+,10?/m1/s1. The Hall–Kier alpha value is -1.63. The van der Waals surface area contributed by atoms with Gasteiger partial charge in [0.2, 0.25) is 11.8 Å². The van der Waals surface area contributed by atoms with Crippen molar-refractivity contribution in [1.29, 1.82) is 0 Å². The first-order valence-corrected chi connectivity index (χ1v) is 6.95. The lowest BCUT2D eigenvalue weighted by Gasteiger charge is -2.34. The Morgan fingerprint density at radius 1 is 1.35 bits per heavy atom. The van der Waals surface area contributed by atoms with Crippen LogP contribution in [0.4, 0.5) is 0 Å². The molecule has 2 fully saturated rings. The monoisotopic (exact) mass is 284 g/mol. The topological polar surface area (TPSA) is 95.9 Å². The van der Waals surface area contributed by atoms with Crippen molar-refractivity contribution in [2.75, 3.05) is 26.3 Å². The van der Waals surface area contributed by atoms with Crippen LogP contribution >= 0.6 is 0 Å². The Kier molecular flexibility index (Phi) is 4.59. The van der Waals surface area contributed by atoms with Gasteiger partial charge in [0.1, 0.15) is 6.04 Å². The maximum absolute atomic E-state index is 12.3. The van der Waals surface area contributed by atoms with Crippen molar-refractivity contribution in [1.82, 2.24) is 10.2 Å². The molecule has 3 atom stereocenters. The summed E-state index contributed by atoms with van der Waals surface area (Å²) in [7, 11) is 0. The Morgan fingerprint density at radius 3 is 2.70 bits per heavy atom. The summed E-state index contributed by atoms with van der Waals surface area (Å²) in [6.45, 7) is 3.39. The number of amides is 2. The Morgan fingerprint density at radius 2 is 2.10 bits per heavy atom. The molecule has 0 spiro atoms. The first-order chi connectivity index (χ1) is 9.56. The maximum Gasteiger partial charge on any atom is 0.307 e. The van der Waals surface area contributed by atoms with E-state index in [1.54, 1.807) is 0 Å². The molecule has 7 nitrogen and oxygen atoms in total. The average molecular weight is 284 g/mol. The predicted molar refractivity (Wildman–Crippen MR) is 68.9 cm³/mol. The normalized spacial score (nSPS) is 28.9. The third-order valence-corrected chi connectivity index (χ3v) is 3.69. The van der Waals surface area contributed by atoms with Crippen molar-refractivity contribution < 1.29 is 24.2 Å². The van der Waals surface area contributed by atoms with Crippen LogP contribution in [0, 0.1) is 11.8 Å². The highest BCUT2D eigenvalue weighted by atomic mass is 16.5. The number of aliphatic carboxylic acids is 1. The number of carboxylic acids is 1. The molecule has 0 bridgehead atoms. The largest absolute Gasteiger partial charge is 0.481 e. The minimum atomic E-state index is -0.941. The molecule has 0 aromatic carbocycles. The van der Waals surface area contributed by atoms with Gasteiger partial charge >= 0.3 is 5.97 Å². The van der Waals surface area contributed by atoms with Crippen molar-refractivity contribution in [3.05, 3.63) is 0 Å². The lowest BCUT2D eigenvalue weighted by atomic mass is 10.1. The number of carbonyl (C=O) groups is 3. The van der Waals surface area contributed by atoms with Crippen LogP contribution in [-0.2, 0) is 19.1 Å². The molecule has 2 N–H and O–H groups in total. The van der Waals surface area contributed by atoms with E-state index in [2.05, 4.69) is 5.32 Å². The van der Waals surface area contributed by atoms with Crippen LogP contribution in [0.25, 0.3) is 0 Å². The van der Waals surface area contributed by atoms with Crippen LogP contribution in [0.3, 0.4) is 0 Å². The fourth-order valence-electron chi connectivity index (χ4n) is 2.40. The molecular weight excluding hydrogens is 264 g/mol. The molecule has 0 aromatic heterocycles. The fraction of sp³-hybridized carbons (Fsp3) is 0.769. The van der Waals surface area contributed by atoms with Crippen LogP contribution in [0.5, 0.6) is 0 Å². The number of nitrogens with one attached hydrogen (secondary N) is 1. The van der Waals surface area contributed by atoms with E-state index < -0.39 is 23.8 Å². The molecule has 20 heavy (non-hydrogen) atoms. The second kappa shape index (κ2) is 6.21. The molecule has 0 radical (unpaired) electrons. The molecule has 7 heteroatoms. The zero-order valence-electron chi connectivity index (χ0n) is 11.5. The first kappa shape index (κ1) is 14.8.